The van der Waals surface area contributed by atoms with Gasteiger partial charge in [0, 0.05) is 28.9 Å². The summed E-state index contributed by atoms with van der Waals surface area (Å²) in [7, 11) is 0. The second-order valence-electron chi connectivity index (χ2n) is 16.2. The van der Waals surface area contributed by atoms with Crippen molar-refractivity contribution in [1.29, 1.82) is 0 Å². The highest BCUT2D eigenvalue weighted by molar-refractivity contribution is 6.26. The van der Waals surface area contributed by atoms with Gasteiger partial charge in [-0.2, -0.15) is 5.10 Å². The number of hydrogen-bond acceptors (Lipinski definition) is 10. The Morgan fingerprint density at radius 2 is 1.01 bits per heavy atom. The van der Waals surface area contributed by atoms with Gasteiger partial charge in [0.1, 0.15) is 41.9 Å². The van der Waals surface area contributed by atoms with Gasteiger partial charge in [-0.05, 0) is 140 Å². The fourth-order valence-corrected chi connectivity index (χ4v) is 7.54. The quantitative estimate of drug-likeness (QED) is 0.0153. The summed E-state index contributed by atoms with van der Waals surface area (Å²) in [5.74, 6) is 2.30. The molecule has 69 heavy (non-hydrogen) atoms. The Bertz CT molecular complexity index is 2610. The molecule has 0 aliphatic heterocycles. The number of rotatable bonds is 29. The number of nitrogens with zero attached hydrogens (tertiary/aromatic N) is 2. The third kappa shape index (κ3) is 16.0. The Kier molecular flexibility index (Phi) is 20.4. The smallest absolute Gasteiger partial charge is 0.330 e. The molecular formula is C59H62N2O8. The monoisotopic (exact) mass is 926 g/mol. The van der Waals surface area contributed by atoms with Gasteiger partial charge in [-0.1, -0.05) is 105 Å². The Balaban J connectivity index is 1.07. The molecule has 0 saturated heterocycles. The van der Waals surface area contributed by atoms with Crippen molar-refractivity contribution < 1.29 is 38.0 Å². The predicted molar refractivity (Wildman–Crippen MR) is 276 cm³/mol. The SMILES string of the molecule is C=CC(=O)OCCCCCCOc1ccc(COc2ccc(-c3ccc(OCc4ccc(OCCCCCCOC(=O)C=C)cc4)cc3/C=N/N=C3C(C=C)=C(/C=C\C)c4ccccc4\3)cc2)cc1. The molecule has 6 rings (SSSR count). The van der Waals surface area contributed by atoms with Crippen LogP contribution in [0.25, 0.3) is 16.7 Å². The number of esters is 2. The van der Waals surface area contributed by atoms with E-state index >= 15 is 0 Å². The molecule has 0 amide bonds. The molecule has 0 spiro atoms. The van der Waals surface area contributed by atoms with Crippen LogP contribution in [0.4, 0.5) is 0 Å². The lowest BCUT2D eigenvalue weighted by Crippen LogP contribution is -2.02. The first kappa shape index (κ1) is 50.7. The third-order valence-electron chi connectivity index (χ3n) is 11.2. The highest BCUT2D eigenvalue weighted by Gasteiger charge is 2.24. The van der Waals surface area contributed by atoms with Crippen molar-refractivity contribution >= 4 is 29.4 Å². The highest BCUT2D eigenvalue weighted by Crippen LogP contribution is 2.35. The summed E-state index contributed by atoms with van der Waals surface area (Å²) in [6.07, 6.45) is 17.5. The number of unbranched alkanes of at least 4 members (excludes halogenated alkanes) is 6. The molecule has 0 N–H and O–H groups in total. The van der Waals surface area contributed by atoms with Crippen LogP contribution in [0, 0.1) is 0 Å². The second kappa shape index (κ2) is 27.8. The lowest BCUT2D eigenvalue weighted by atomic mass is 10.00. The first-order valence-corrected chi connectivity index (χ1v) is 23.6. The molecular weight excluding hydrogens is 865 g/mol. The van der Waals surface area contributed by atoms with Crippen LogP contribution in [0.1, 0.15) is 86.1 Å². The Morgan fingerprint density at radius 3 is 1.55 bits per heavy atom. The molecule has 0 heterocycles. The average Bonchev–Trinajstić information content (AvgIpc) is 3.68. The second-order valence-corrected chi connectivity index (χ2v) is 16.2. The van der Waals surface area contributed by atoms with E-state index in [1.165, 1.54) is 12.2 Å². The van der Waals surface area contributed by atoms with Crippen molar-refractivity contribution in [1.82, 2.24) is 0 Å². The van der Waals surface area contributed by atoms with Crippen LogP contribution in [0.3, 0.4) is 0 Å². The fourth-order valence-electron chi connectivity index (χ4n) is 7.54. The first-order valence-electron chi connectivity index (χ1n) is 23.6. The maximum Gasteiger partial charge on any atom is 0.330 e. The van der Waals surface area contributed by atoms with Gasteiger partial charge in [-0.3, -0.25) is 0 Å². The van der Waals surface area contributed by atoms with E-state index in [2.05, 4.69) is 43.0 Å². The normalized spacial score (nSPS) is 12.5. The molecule has 5 aromatic carbocycles. The molecule has 10 nitrogen and oxygen atoms in total. The van der Waals surface area contributed by atoms with E-state index in [0.717, 1.165) is 124 Å². The number of ether oxygens (including phenoxy) is 6. The highest BCUT2D eigenvalue weighted by atomic mass is 16.5. The van der Waals surface area contributed by atoms with E-state index < -0.39 is 0 Å². The van der Waals surface area contributed by atoms with Gasteiger partial charge in [0.05, 0.1) is 32.6 Å². The molecule has 1 aliphatic carbocycles. The van der Waals surface area contributed by atoms with Gasteiger partial charge in [-0.25, -0.2) is 9.59 Å². The van der Waals surface area contributed by atoms with Crippen LogP contribution in [-0.2, 0) is 32.3 Å². The van der Waals surface area contributed by atoms with Crippen LogP contribution in [-0.4, -0.2) is 50.3 Å². The Hall–Kier alpha value is -7.72. The van der Waals surface area contributed by atoms with Gasteiger partial charge in [0.25, 0.3) is 0 Å². The molecule has 0 bridgehead atoms. The van der Waals surface area contributed by atoms with Crippen LogP contribution in [0.15, 0.2) is 181 Å². The Morgan fingerprint density at radius 1 is 0.522 bits per heavy atom. The largest absolute Gasteiger partial charge is 0.494 e. The Labute approximate surface area is 407 Å². The van der Waals surface area contributed by atoms with Gasteiger partial charge in [-0.15, -0.1) is 5.10 Å². The number of benzene rings is 5. The number of fused-ring (bicyclic) bond motifs is 1. The summed E-state index contributed by atoms with van der Waals surface area (Å²) in [5, 5.41) is 9.46. The topological polar surface area (TPSA) is 114 Å². The summed E-state index contributed by atoms with van der Waals surface area (Å²) in [4.78, 5) is 22.3. The number of allylic oxidation sites excluding steroid dienone is 5. The van der Waals surface area contributed by atoms with E-state index in [1.807, 2.05) is 122 Å². The van der Waals surface area contributed by atoms with E-state index in [9.17, 15) is 9.59 Å². The summed E-state index contributed by atoms with van der Waals surface area (Å²) in [6.45, 7) is 15.8. The summed E-state index contributed by atoms with van der Waals surface area (Å²) < 4.78 is 34.5. The van der Waals surface area contributed by atoms with Gasteiger partial charge >= 0.3 is 11.9 Å². The van der Waals surface area contributed by atoms with Gasteiger partial charge < -0.3 is 28.4 Å². The average molecular weight is 927 g/mol. The molecule has 0 saturated carbocycles. The number of hydrogen-bond donors (Lipinski definition) is 0. The predicted octanol–water partition coefficient (Wildman–Crippen LogP) is 13.2. The molecule has 0 atom stereocenters. The van der Waals surface area contributed by atoms with E-state index in [4.69, 9.17) is 33.5 Å². The molecule has 0 unspecified atom stereocenters. The lowest BCUT2D eigenvalue weighted by molar-refractivity contribution is -0.138. The third-order valence-corrected chi connectivity index (χ3v) is 11.2. The standard InChI is InChI=1S/C59H62N2O8/c1-5-19-54-52(6-2)59(56-21-14-13-20-55(54)56)61-60-41-47-40-51(69-43-45-24-30-49(31-25-45)65-37-16-10-12-18-39-67-58(63)8-4)34-35-53(47)46-26-32-50(33-27-46)68-42-44-22-28-48(29-23-44)64-36-15-9-11-17-38-66-57(62)7-3/h5-8,13-14,19-35,40-41H,2-4,9-12,15-18,36-39,42-43H2,1H3/b19-5-,60-41+,61-59+. The number of carbonyl (C=O) groups is 2. The van der Waals surface area contributed by atoms with Crippen LogP contribution < -0.4 is 18.9 Å². The van der Waals surface area contributed by atoms with E-state index in [-0.39, 0.29) is 11.9 Å². The van der Waals surface area contributed by atoms with Crippen molar-refractivity contribution in [3.8, 4) is 34.1 Å². The molecule has 1 aliphatic rings. The number of carbonyl (C=O) groups excluding carboxylic acids is 2. The van der Waals surface area contributed by atoms with Crippen LogP contribution >= 0.6 is 0 Å². The van der Waals surface area contributed by atoms with Crippen molar-refractivity contribution in [2.75, 3.05) is 26.4 Å². The van der Waals surface area contributed by atoms with Gasteiger partial charge in [0.2, 0.25) is 0 Å². The fraction of sp³-hybridized carbons (Fsp3) is 0.254. The molecule has 356 valence electrons. The maximum atomic E-state index is 11.2. The summed E-state index contributed by atoms with van der Waals surface area (Å²) in [6, 6.07) is 38.1. The van der Waals surface area contributed by atoms with Crippen molar-refractivity contribution in [2.45, 2.75) is 71.5 Å². The molecule has 0 fully saturated rings. The first-order chi connectivity index (χ1) is 33.9. The van der Waals surface area contributed by atoms with Crippen molar-refractivity contribution in [2.24, 2.45) is 10.2 Å². The zero-order valence-electron chi connectivity index (χ0n) is 39.6. The van der Waals surface area contributed by atoms with Crippen LogP contribution in [0.2, 0.25) is 0 Å². The minimum atomic E-state index is -0.382. The molecule has 0 radical (unpaired) electrons. The summed E-state index contributed by atoms with van der Waals surface area (Å²) >= 11 is 0. The zero-order valence-corrected chi connectivity index (χ0v) is 39.6. The van der Waals surface area contributed by atoms with Crippen molar-refractivity contribution in [3.05, 3.63) is 199 Å². The molecule has 10 heteroatoms. The van der Waals surface area contributed by atoms with Crippen LogP contribution in [0.5, 0.6) is 23.0 Å². The van der Waals surface area contributed by atoms with Gasteiger partial charge in [0.15, 0.2) is 0 Å². The maximum absolute atomic E-state index is 11.2. The van der Waals surface area contributed by atoms with E-state index in [0.29, 0.717) is 45.4 Å². The lowest BCUT2D eigenvalue weighted by Gasteiger charge is -2.12. The van der Waals surface area contributed by atoms with E-state index in [1.54, 1.807) is 6.21 Å². The summed E-state index contributed by atoms with van der Waals surface area (Å²) in [5.41, 5.74) is 9.71. The zero-order chi connectivity index (χ0) is 48.5. The van der Waals surface area contributed by atoms with Crippen molar-refractivity contribution in [3.63, 3.8) is 0 Å². The minimum absolute atomic E-state index is 0.369. The minimum Gasteiger partial charge on any atom is -0.494 e. The molecule has 0 aromatic heterocycles. The molecule has 5 aromatic rings.